The first-order valence-corrected chi connectivity index (χ1v) is 7.44. The first-order valence-electron chi connectivity index (χ1n) is 7.44. The zero-order valence-corrected chi connectivity index (χ0v) is 11.8. The largest absolute Gasteiger partial charge is 0.328 e. The van der Waals surface area contributed by atoms with Gasteiger partial charge in [-0.15, -0.1) is 0 Å². The highest BCUT2D eigenvalue weighted by molar-refractivity contribution is 5.01. The van der Waals surface area contributed by atoms with E-state index in [1.165, 1.54) is 37.8 Å². The molecule has 18 heavy (non-hydrogen) atoms. The second-order valence-electron chi connectivity index (χ2n) is 6.10. The van der Waals surface area contributed by atoms with Crippen LogP contribution in [0.3, 0.4) is 0 Å². The van der Waals surface area contributed by atoms with Gasteiger partial charge in [0.2, 0.25) is 0 Å². The average Bonchev–Trinajstić information content (AvgIpc) is 2.77. The SMILES string of the molecule is CC(N)CC(C)Cc1ccn(C2CCCCC2)n1. The van der Waals surface area contributed by atoms with E-state index in [0.29, 0.717) is 18.0 Å². The summed E-state index contributed by atoms with van der Waals surface area (Å²) in [4.78, 5) is 0. The second-order valence-corrected chi connectivity index (χ2v) is 6.10. The first kappa shape index (κ1) is 13.6. The third-order valence-corrected chi connectivity index (χ3v) is 3.94. The minimum atomic E-state index is 0.292. The van der Waals surface area contributed by atoms with Gasteiger partial charge in [0.15, 0.2) is 0 Å². The van der Waals surface area contributed by atoms with E-state index in [0.717, 1.165) is 12.8 Å². The minimum Gasteiger partial charge on any atom is -0.328 e. The van der Waals surface area contributed by atoms with Crippen molar-refractivity contribution < 1.29 is 0 Å². The average molecular weight is 249 g/mol. The van der Waals surface area contributed by atoms with E-state index in [4.69, 9.17) is 10.8 Å². The summed E-state index contributed by atoms with van der Waals surface area (Å²) in [6.45, 7) is 4.35. The Balaban J connectivity index is 1.89. The van der Waals surface area contributed by atoms with E-state index in [1.807, 2.05) is 0 Å². The summed E-state index contributed by atoms with van der Waals surface area (Å²) in [5.41, 5.74) is 7.07. The fourth-order valence-electron chi connectivity index (χ4n) is 3.11. The van der Waals surface area contributed by atoms with Crippen LogP contribution in [0.4, 0.5) is 0 Å². The monoisotopic (exact) mass is 249 g/mol. The molecule has 2 rings (SSSR count). The third-order valence-electron chi connectivity index (χ3n) is 3.94. The highest BCUT2D eigenvalue weighted by atomic mass is 15.3. The van der Waals surface area contributed by atoms with Gasteiger partial charge < -0.3 is 5.73 Å². The summed E-state index contributed by atoms with van der Waals surface area (Å²) in [6, 6.07) is 3.13. The molecule has 0 aromatic carbocycles. The molecular formula is C15H27N3. The fourth-order valence-corrected chi connectivity index (χ4v) is 3.11. The Bertz CT molecular complexity index is 350. The molecule has 2 unspecified atom stereocenters. The van der Waals surface area contributed by atoms with Gasteiger partial charge in [-0.25, -0.2) is 0 Å². The van der Waals surface area contributed by atoms with Crippen LogP contribution >= 0.6 is 0 Å². The van der Waals surface area contributed by atoms with Crippen LogP contribution in [0.1, 0.15) is 64.1 Å². The van der Waals surface area contributed by atoms with Gasteiger partial charge in [-0.05, 0) is 44.6 Å². The van der Waals surface area contributed by atoms with Crippen molar-refractivity contribution in [3.63, 3.8) is 0 Å². The summed E-state index contributed by atoms with van der Waals surface area (Å²) in [5.74, 6) is 0.625. The van der Waals surface area contributed by atoms with Crippen LogP contribution in [0.2, 0.25) is 0 Å². The molecule has 1 aromatic rings. The van der Waals surface area contributed by atoms with Gasteiger partial charge in [0.1, 0.15) is 0 Å². The molecule has 0 radical (unpaired) electrons. The summed E-state index contributed by atoms with van der Waals surface area (Å²) >= 11 is 0. The minimum absolute atomic E-state index is 0.292. The molecule has 3 nitrogen and oxygen atoms in total. The molecule has 3 heteroatoms. The zero-order chi connectivity index (χ0) is 13.0. The van der Waals surface area contributed by atoms with Crippen molar-refractivity contribution in [3.05, 3.63) is 18.0 Å². The highest BCUT2D eigenvalue weighted by Crippen LogP contribution is 2.27. The lowest BCUT2D eigenvalue weighted by molar-refractivity contribution is 0.327. The van der Waals surface area contributed by atoms with E-state index in [1.54, 1.807) is 0 Å². The molecule has 0 spiro atoms. The van der Waals surface area contributed by atoms with Gasteiger partial charge in [-0.3, -0.25) is 4.68 Å². The molecule has 1 heterocycles. The Kier molecular flexibility index (Phi) is 4.81. The standard InChI is InChI=1S/C15H27N3/c1-12(10-13(2)16)11-14-8-9-18(17-14)15-6-4-3-5-7-15/h8-9,12-13,15H,3-7,10-11,16H2,1-2H3. The molecule has 102 valence electrons. The molecule has 1 aliphatic carbocycles. The number of nitrogens with zero attached hydrogens (tertiary/aromatic N) is 2. The molecule has 0 bridgehead atoms. The van der Waals surface area contributed by atoms with Crippen LogP contribution in [0.5, 0.6) is 0 Å². The molecule has 1 saturated carbocycles. The molecule has 1 fully saturated rings. The number of hydrogen-bond donors (Lipinski definition) is 1. The van der Waals surface area contributed by atoms with Crippen LogP contribution < -0.4 is 5.73 Å². The Morgan fingerprint density at radius 2 is 2.06 bits per heavy atom. The lowest BCUT2D eigenvalue weighted by Crippen LogP contribution is -2.19. The zero-order valence-electron chi connectivity index (χ0n) is 11.8. The van der Waals surface area contributed by atoms with E-state index in [2.05, 4.69) is 30.8 Å². The van der Waals surface area contributed by atoms with Crippen molar-refractivity contribution in [3.8, 4) is 0 Å². The highest BCUT2D eigenvalue weighted by Gasteiger charge is 2.16. The van der Waals surface area contributed by atoms with Crippen molar-refractivity contribution in [2.24, 2.45) is 11.7 Å². The Labute approximate surface area is 111 Å². The molecule has 0 amide bonds. The molecular weight excluding hydrogens is 222 g/mol. The Morgan fingerprint density at radius 3 is 2.72 bits per heavy atom. The van der Waals surface area contributed by atoms with Crippen LogP contribution in [0.15, 0.2) is 12.3 Å². The van der Waals surface area contributed by atoms with E-state index in [9.17, 15) is 0 Å². The van der Waals surface area contributed by atoms with E-state index in [-0.39, 0.29) is 0 Å². The molecule has 1 aromatic heterocycles. The molecule has 0 saturated heterocycles. The molecule has 2 atom stereocenters. The number of nitrogens with two attached hydrogens (primary N) is 1. The smallest absolute Gasteiger partial charge is 0.0627 e. The molecule has 0 aliphatic heterocycles. The lowest BCUT2D eigenvalue weighted by atomic mass is 9.96. The normalized spacial score (nSPS) is 20.8. The van der Waals surface area contributed by atoms with Gasteiger partial charge in [0.05, 0.1) is 11.7 Å². The van der Waals surface area contributed by atoms with Gasteiger partial charge in [-0.1, -0.05) is 26.2 Å². The van der Waals surface area contributed by atoms with Crippen molar-refractivity contribution in [1.82, 2.24) is 9.78 Å². The number of hydrogen-bond acceptors (Lipinski definition) is 2. The van der Waals surface area contributed by atoms with Crippen molar-refractivity contribution in [1.29, 1.82) is 0 Å². The van der Waals surface area contributed by atoms with E-state index >= 15 is 0 Å². The van der Waals surface area contributed by atoms with Crippen molar-refractivity contribution >= 4 is 0 Å². The maximum atomic E-state index is 5.84. The molecule has 2 N–H and O–H groups in total. The fraction of sp³-hybridized carbons (Fsp3) is 0.800. The Hall–Kier alpha value is -0.830. The summed E-state index contributed by atoms with van der Waals surface area (Å²) < 4.78 is 2.20. The van der Waals surface area contributed by atoms with Crippen molar-refractivity contribution in [2.45, 2.75) is 70.9 Å². The van der Waals surface area contributed by atoms with Crippen LogP contribution in [0, 0.1) is 5.92 Å². The maximum absolute atomic E-state index is 5.84. The van der Waals surface area contributed by atoms with Crippen LogP contribution in [0.25, 0.3) is 0 Å². The maximum Gasteiger partial charge on any atom is 0.0627 e. The lowest BCUT2D eigenvalue weighted by Gasteiger charge is -2.21. The van der Waals surface area contributed by atoms with Crippen LogP contribution in [-0.4, -0.2) is 15.8 Å². The number of rotatable bonds is 5. The third kappa shape index (κ3) is 3.84. The van der Waals surface area contributed by atoms with Gasteiger partial charge in [-0.2, -0.15) is 5.10 Å². The van der Waals surface area contributed by atoms with Crippen molar-refractivity contribution in [2.75, 3.05) is 0 Å². The summed E-state index contributed by atoms with van der Waals surface area (Å²) in [5, 5.41) is 4.76. The number of aromatic nitrogens is 2. The second kappa shape index (κ2) is 6.37. The van der Waals surface area contributed by atoms with E-state index < -0.39 is 0 Å². The predicted octanol–water partition coefficient (Wildman–Crippen LogP) is 3.30. The summed E-state index contributed by atoms with van der Waals surface area (Å²) in [6.07, 6.45) is 11.0. The molecule has 1 aliphatic rings. The van der Waals surface area contributed by atoms with Gasteiger partial charge in [0, 0.05) is 12.2 Å². The topological polar surface area (TPSA) is 43.8 Å². The quantitative estimate of drug-likeness (QED) is 0.870. The van der Waals surface area contributed by atoms with Gasteiger partial charge >= 0.3 is 0 Å². The first-order chi connectivity index (χ1) is 8.65. The Morgan fingerprint density at radius 1 is 1.33 bits per heavy atom. The summed E-state index contributed by atoms with van der Waals surface area (Å²) in [7, 11) is 0. The van der Waals surface area contributed by atoms with Gasteiger partial charge in [0.25, 0.3) is 0 Å². The van der Waals surface area contributed by atoms with Crippen LogP contribution in [-0.2, 0) is 6.42 Å². The predicted molar refractivity (Wildman–Crippen MR) is 75.5 cm³/mol.